The lowest BCUT2D eigenvalue weighted by Crippen LogP contribution is -2.14. The van der Waals surface area contributed by atoms with Crippen molar-refractivity contribution in [2.75, 3.05) is 32.8 Å². The highest BCUT2D eigenvalue weighted by molar-refractivity contribution is 7.07. The smallest absolute Gasteiger partial charge is 0.255 e. The number of amides is 1. The van der Waals surface area contributed by atoms with E-state index in [2.05, 4.69) is 15.3 Å². The summed E-state index contributed by atoms with van der Waals surface area (Å²) in [7, 11) is 3.11. The van der Waals surface area contributed by atoms with E-state index in [1.807, 2.05) is 5.38 Å². The number of hydrogen-bond acceptors (Lipinski definition) is 8. The Kier molecular flexibility index (Phi) is 7.37. The van der Waals surface area contributed by atoms with Gasteiger partial charge in [-0.05, 0) is 30.3 Å². The number of methoxy groups -OCH3 is 2. The number of nitrogens with zero attached hydrogens (tertiary/aromatic N) is 2. The van der Waals surface area contributed by atoms with Crippen LogP contribution in [0, 0.1) is 0 Å². The number of ether oxygens (including phenoxy) is 4. The predicted molar refractivity (Wildman–Crippen MR) is 109 cm³/mol. The Morgan fingerprint density at radius 2 is 2.00 bits per heavy atom. The zero-order chi connectivity index (χ0) is 20.5. The molecule has 1 amide bonds. The van der Waals surface area contributed by atoms with Crippen molar-refractivity contribution >= 4 is 22.9 Å². The zero-order valence-corrected chi connectivity index (χ0v) is 16.9. The lowest BCUT2D eigenvalue weighted by atomic mass is 10.2. The Hall–Kier alpha value is -3.17. The van der Waals surface area contributed by atoms with Crippen molar-refractivity contribution in [3.05, 3.63) is 58.7 Å². The molecule has 29 heavy (non-hydrogen) atoms. The highest BCUT2D eigenvalue weighted by atomic mass is 32.1. The highest BCUT2D eigenvalue weighted by Gasteiger charge is 2.14. The maximum absolute atomic E-state index is 12.7. The van der Waals surface area contributed by atoms with Gasteiger partial charge < -0.3 is 24.3 Å². The van der Waals surface area contributed by atoms with Crippen molar-refractivity contribution < 1.29 is 23.7 Å². The minimum absolute atomic E-state index is 0.320. The van der Waals surface area contributed by atoms with Crippen LogP contribution in [0.15, 0.2) is 47.4 Å². The number of aromatic nitrogens is 2. The van der Waals surface area contributed by atoms with E-state index in [0.717, 1.165) is 5.69 Å². The van der Waals surface area contributed by atoms with E-state index in [1.54, 1.807) is 49.1 Å². The van der Waals surface area contributed by atoms with E-state index in [0.29, 0.717) is 48.5 Å². The minimum atomic E-state index is -0.320. The maximum Gasteiger partial charge on any atom is 0.255 e. The molecule has 0 saturated carbocycles. The Labute approximate surface area is 172 Å². The molecule has 0 aliphatic carbocycles. The molecule has 0 radical (unpaired) electrons. The van der Waals surface area contributed by atoms with Crippen molar-refractivity contribution in [2.24, 2.45) is 0 Å². The summed E-state index contributed by atoms with van der Waals surface area (Å²) in [5.41, 5.74) is 3.46. The SMILES string of the molecule is COCCOc1ncccc1NC(=O)c1ccc(OCc2cscn2)c(OC)c1. The maximum atomic E-state index is 12.7. The predicted octanol–water partition coefficient (Wildman–Crippen LogP) is 3.40. The van der Waals surface area contributed by atoms with Gasteiger partial charge in [-0.15, -0.1) is 11.3 Å². The Morgan fingerprint density at radius 3 is 2.76 bits per heavy atom. The van der Waals surface area contributed by atoms with Crippen LogP contribution in [-0.4, -0.2) is 43.3 Å². The molecule has 0 aliphatic heterocycles. The number of benzene rings is 1. The van der Waals surface area contributed by atoms with Crippen LogP contribution in [0.5, 0.6) is 17.4 Å². The molecule has 0 bridgehead atoms. The van der Waals surface area contributed by atoms with Crippen molar-refractivity contribution in [1.29, 1.82) is 0 Å². The van der Waals surface area contributed by atoms with E-state index in [4.69, 9.17) is 18.9 Å². The average molecular weight is 415 g/mol. The first kappa shape index (κ1) is 20.6. The van der Waals surface area contributed by atoms with Gasteiger partial charge in [0.25, 0.3) is 5.91 Å². The Bertz CT molecular complexity index is 934. The zero-order valence-electron chi connectivity index (χ0n) is 16.1. The van der Waals surface area contributed by atoms with Crippen LogP contribution in [-0.2, 0) is 11.3 Å². The molecule has 2 aromatic heterocycles. The molecule has 0 aliphatic rings. The number of anilines is 1. The fraction of sp³-hybridized carbons (Fsp3) is 0.250. The summed E-state index contributed by atoms with van der Waals surface area (Å²) >= 11 is 1.50. The molecule has 3 rings (SSSR count). The number of carbonyl (C=O) groups excluding carboxylic acids is 1. The van der Waals surface area contributed by atoms with Crippen molar-refractivity contribution in [3.8, 4) is 17.4 Å². The van der Waals surface area contributed by atoms with Crippen molar-refractivity contribution in [1.82, 2.24) is 9.97 Å². The van der Waals surface area contributed by atoms with Gasteiger partial charge in [0.15, 0.2) is 11.5 Å². The van der Waals surface area contributed by atoms with Crippen LogP contribution < -0.4 is 19.5 Å². The number of hydrogen-bond donors (Lipinski definition) is 1. The van der Waals surface area contributed by atoms with Crippen molar-refractivity contribution in [3.63, 3.8) is 0 Å². The van der Waals surface area contributed by atoms with Gasteiger partial charge in [-0.1, -0.05) is 0 Å². The number of nitrogens with one attached hydrogen (secondary N) is 1. The van der Waals surface area contributed by atoms with E-state index < -0.39 is 0 Å². The molecule has 9 heteroatoms. The molecule has 0 spiro atoms. The van der Waals surface area contributed by atoms with Gasteiger partial charge in [0.2, 0.25) is 5.88 Å². The molecule has 0 unspecified atom stereocenters. The highest BCUT2D eigenvalue weighted by Crippen LogP contribution is 2.30. The summed E-state index contributed by atoms with van der Waals surface area (Å²) in [6.45, 7) is 1.07. The molecule has 0 saturated heterocycles. The van der Waals surface area contributed by atoms with E-state index in [9.17, 15) is 4.79 Å². The second-order valence-electron chi connectivity index (χ2n) is 5.79. The molecular weight excluding hydrogens is 394 g/mol. The second kappa shape index (κ2) is 10.4. The van der Waals surface area contributed by atoms with E-state index >= 15 is 0 Å². The van der Waals surface area contributed by atoms with Crippen molar-refractivity contribution in [2.45, 2.75) is 6.61 Å². The number of rotatable bonds is 10. The number of thiazole rings is 1. The molecule has 1 N–H and O–H groups in total. The molecule has 0 atom stereocenters. The van der Waals surface area contributed by atoms with Crippen LogP contribution >= 0.6 is 11.3 Å². The van der Waals surface area contributed by atoms with Gasteiger partial charge in [-0.25, -0.2) is 9.97 Å². The first-order valence-corrected chi connectivity index (χ1v) is 9.71. The van der Waals surface area contributed by atoms with Gasteiger partial charge >= 0.3 is 0 Å². The third-order valence-corrected chi connectivity index (χ3v) is 4.47. The van der Waals surface area contributed by atoms with E-state index in [-0.39, 0.29) is 5.91 Å². The quantitative estimate of drug-likeness (QED) is 0.507. The Morgan fingerprint density at radius 1 is 1.10 bits per heavy atom. The van der Waals surface area contributed by atoms with Crippen LogP contribution in [0.3, 0.4) is 0 Å². The number of pyridine rings is 1. The van der Waals surface area contributed by atoms with E-state index in [1.165, 1.54) is 18.4 Å². The molecule has 3 aromatic rings. The van der Waals surface area contributed by atoms with Gasteiger partial charge in [-0.3, -0.25) is 4.79 Å². The minimum Gasteiger partial charge on any atom is -0.493 e. The summed E-state index contributed by atoms with van der Waals surface area (Å²) in [4.78, 5) is 21.0. The van der Waals surface area contributed by atoms with Gasteiger partial charge in [0.05, 0.1) is 24.9 Å². The topological polar surface area (TPSA) is 91.8 Å². The molecule has 152 valence electrons. The Balaban J connectivity index is 1.69. The van der Waals surface area contributed by atoms with Gasteiger partial charge in [-0.2, -0.15) is 0 Å². The standard InChI is InChI=1S/C20H21N3O5S/c1-25-8-9-27-20-16(4-3-7-21-20)23-19(24)14-5-6-17(18(10-14)26-2)28-11-15-12-29-13-22-15/h3-7,10,12-13H,8-9,11H2,1-2H3,(H,23,24). The molecule has 0 fully saturated rings. The third kappa shape index (κ3) is 5.66. The summed E-state index contributed by atoms with van der Waals surface area (Å²) in [5.74, 6) is 0.990. The average Bonchev–Trinajstić information content (AvgIpc) is 3.27. The fourth-order valence-electron chi connectivity index (χ4n) is 2.41. The monoisotopic (exact) mass is 415 g/mol. The first-order valence-electron chi connectivity index (χ1n) is 8.77. The molecule has 2 heterocycles. The second-order valence-corrected chi connectivity index (χ2v) is 6.50. The molecule has 1 aromatic carbocycles. The lowest BCUT2D eigenvalue weighted by molar-refractivity contribution is 0.102. The largest absolute Gasteiger partial charge is 0.493 e. The summed E-state index contributed by atoms with van der Waals surface area (Å²) in [6, 6.07) is 8.41. The normalized spacial score (nSPS) is 10.4. The van der Waals surface area contributed by atoms with Crippen LogP contribution in [0.2, 0.25) is 0 Å². The van der Waals surface area contributed by atoms with Crippen LogP contribution in [0.25, 0.3) is 0 Å². The first-order chi connectivity index (χ1) is 14.2. The lowest BCUT2D eigenvalue weighted by Gasteiger charge is -2.13. The summed E-state index contributed by atoms with van der Waals surface area (Å²) in [6.07, 6.45) is 1.59. The number of carbonyl (C=O) groups is 1. The van der Waals surface area contributed by atoms with Crippen LogP contribution in [0.4, 0.5) is 5.69 Å². The van der Waals surface area contributed by atoms with Gasteiger partial charge in [0.1, 0.15) is 18.9 Å². The third-order valence-electron chi connectivity index (χ3n) is 3.83. The molecular formula is C20H21N3O5S. The summed E-state index contributed by atoms with van der Waals surface area (Å²) < 4.78 is 21.6. The summed E-state index contributed by atoms with van der Waals surface area (Å²) in [5, 5.41) is 4.72. The van der Waals surface area contributed by atoms with Gasteiger partial charge in [0, 0.05) is 24.3 Å². The van der Waals surface area contributed by atoms with Crippen LogP contribution in [0.1, 0.15) is 16.1 Å². The fourth-order valence-corrected chi connectivity index (χ4v) is 2.95. The molecule has 8 nitrogen and oxygen atoms in total.